The predicted molar refractivity (Wildman–Crippen MR) is 134 cm³/mol. The van der Waals surface area contributed by atoms with Crippen LogP contribution in [0.5, 0.6) is 0 Å². The molecule has 0 saturated heterocycles. The maximum Gasteiger partial charge on any atom is 0.410 e. The molecule has 0 aliphatic heterocycles. The number of nitrogens with zero attached hydrogens (tertiary/aromatic N) is 2. The van der Waals surface area contributed by atoms with E-state index in [1.54, 1.807) is 33.8 Å². The average molecular weight is 456 g/mol. The first kappa shape index (κ1) is 24.5. The zero-order chi connectivity index (χ0) is 24.7. The largest absolute Gasteiger partial charge is 0.444 e. The molecule has 1 atom stereocenters. The van der Waals surface area contributed by atoms with Gasteiger partial charge in [-0.1, -0.05) is 54.5 Å². The van der Waals surface area contributed by atoms with Gasteiger partial charge in [-0.2, -0.15) is 0 Å². The van der Waals surface area contributed by atoms with Gasteiger partial charge in [0, 0.05) is 12.6 Å². The number of rotatable bonds is 4. The van der Waals surface area contributed by atoms with E-state index in [1.807, 2.05) is 66.7 Å². The Morgan fingerprint density at radius 3 is 2.18 bits per heavy atom. The molecule has 34 heavy (non-hydrogen) atoms. The number of aromatic nitrogens is 1. The number of nitrogens with one attached hydrogen (secondary N) is 1. The second-order valence-electron chi connectivity index (χ2n) is 8.86. The molecule has 1 N–H and O–H groups in total. The molecule has 3 aromatic rings. The van der Waals surface area contributed by atoms with Crippen LogP contribution >= 0.6 is 0 Å². The minimum absolute atomic E-state index is 0.355. The Morgan fingerprint density at radius 1 is 0.941 bits per heavy atom. The van der Waals surface area contributed by atoms with Crippen LogP contribution in [0.4, 0.5) is 10.6 Å². The number of benzene rings is 2. The highest BCUT2D eigenvalue weighted by Gasteiger charge is 2.27. The van der Waals surface area contributed by atoms with Crippen LogP contribution in [0.15, 0.2) is 72.8 Å². The lowest BCUT2D eigenvalue weighted by molar-refractivity contribution is -0.120. The smallest absolute Gasteiger partial charge is 0.410 e. The molecule has 2 aromatic carbocycles. The maximum absolute atomic E-state index is 12.9. The van der Waals surface area contributed by atoms with Crippen molar-refractivity contribution in [2.75, 3.05) is 12.4 Å². The second kappa shape index (κ2) is 10.7. The average Bonchev–Trinajstić information content (AvgIpc) is 2.81. The van der Waals surface area contributed by atoms with Gasteiger partial charge in [-0.05, 0) is 69.0 Å². The molecular formula is C28H29N3O3. The Balaban J connectivity index is 1.87. The highest BCUT2D eigenvalue weighted by atomic mass is 16.6. The van der Waals surface area contributed by atoms with Gasteiger partial charge in [0.25, 0.3) is 0 Å². The topological polar surface area (TPSA) is 71.5 Å². The normalized spacial score (nSPS) is 11.6. The molecule has 1 aromatic heterocycles. The van der Waals surface area contributed by atoms with Gasteiger partial charge >= 0.3 is 6.09 Å². The zero-order valence-corrected chi connectivity index (χ0v) is 20.1. The van der Waals surface area contributed by atoms with E-state index in [0.29, 0.717) is 11.5 Å². The number of ether oxygens (including phenoxy) is 1. The van der Waals surface area contributed by atoms with Crippen molar-refractivity contribution in [2.45, 2.75) is 39.3 Å². The summed E-state index contributed by atoms with van der Waals surface area (Å²) in [4.78, 5) is 31.1. The molecule has 0 saturated carbocycles. The summed E-state index contributed by atoms with van der Waals surface area (Å²) >= 11 is 0. The lowest BCUT2D eigenvalue weighted by atomic mass is 10.1. The summed E-state index contributed by atoms with van der Waals surface area (Å²) in [6, 6.07) is 22.3. The van der Waals surface area contributed by atoms with Crippen molar-refractivity contribution in [3.63, 3.8) is 0 Å². The van der Waals surface area contributed by atoms with Crippen molar-refractivity contribution in [3.05, 3.63) is 84.1 Å². The molecule has 0 aliphatic carbocycles. The second-order valence-corrected chi connectivity index (χ2v) is 8.86. The molecular weight excluding hydrogens is 426 g/mol. The summed E-state index contributed by atoms with van der Waals surface area (Å²) in [7, 11) is 1.53. The van der Waals surface area contributed by atoms with Crippen LogP contribution in [0.2, 0.25) is 0 Å². The van der Waals surface area contributed by atoms with Crippen LogP contribution in [-0.4, -0.2) is 40.6 Å². The monoisotopic (exact) mass is 455 g/mol. The quantitative estimate of drug-likeness (QED) is 0.539. The van der Waals surface area contributed by atoms with Crippen LogP contribution in [-0.2, 0) is 9.53 Å². The van der Waals surface area contributed by atoms with Gasteiger partial charge in [0.05, 0.1) is 0 Å². The van der Waals surface area contributed by atoms with E-state index in [1.165, 1.54) is 11.9 Å². The molecule has 174 valence electrons. The predicted octanol–water partition coefficient (Wildman–Crippen LogP) is 5.34. The number of amides is 2. The van der Waals surface area contributed by atoms with Crippen LogP contribution < -0.4 is 5.32 Å². The Morgan fingerprint density at radius 2 is 1.56 bits per heavy atom. The third-order valence-electron chi connectivity index (χ3n) is 4.93. The van der Waals surface area contributed by atoms with Crippen molar-refractivity contribution >= 4 is 17.8 Å². The Hall–Kier alpha value is -4.11. The van der Waals surface area contributed by atoms with Gasteiger partial charge in [-0.25, -0.2) is 9.78 Å². The summed E-state index contributed by atoms with van der Waals surface area (Å²) in [6.45, 7) is 6.97. The molecule has 1 heterocycles. The van der Waals surface area contributed by atoms with Gasteiger partial charge < -0.3 is 10.1 Å². The van der Waals surface area contributed by atoms with E-state index in [4.69, 9.17) is 4.74 Å². The fraction of sp³-hybridized carbons (Fsp3) is 0.250. The van der Waals surface area contributed by atoms with E-state index in [9.17, 15) is 9.59 Å². The Kier molecular flexibility index (Phi) is 7.70. The summed E-state index contributed by atoms with van der Waals surface area (Å²) in [5.74, 6) is 6.16. The molecule has 0 bridgehead atoms. The molecule has 3 rings (SSSR count). The first-order valence-electron chi connectivity index (χ1n) is 11.0. The lowest BCUT2D eigenvalue weighted by Crippen LogP contribution is -2.45. The Bertz CT molecular complexity index is 1210. The van der Waals surface area contributed by atoms with Gasteiger partial charge in [0.15, 0.2) is 0 Å². The molecule has 6 heteroatoms. The molecule has 0 radical (unpaired) electrons. The first-order chi connectivity index (χ1) is 16.1. The van der Waals surface area contributed by atoms with Gasteiger partial charge in [-0.15, -0.1) is 0 Å². The number of pyridine rings is 1. The maximum atomic E-state index is 12.9. The minimum atomic E-state index is -0.768. The summed E-state index contributed by atoms with van der Waals surface area (Å²) in [6.07, 6.45) is -0.574. The van der Waals surface area contributed by atoms with Crippen LogP contribution in [0.25, 0.3) is 11.1 Å². The molecule has 0 spiro atoms. The van der Waals surface area contributed by atoms with Gasteiger partial charge in [-0.3, -0.25) is 9.69 Å². The fourth-order valence-electron chi connectivity index (χ4n) is 3.01. The summed E-state index contributed by atoms with van der Waals surface area (Å²) < 4.78 is 5.36. The highest BCUT2D eigenvalue weighted by molar-refractivity contribution is 5.96. The van der Waals surface area contributed by atoms with E-state index in [0.717, 1.165) is 16.7 Å². The van der Waals surface area contributed by atoms with E-state index in [-0.39, 0.29) is 5.91 Å². The molecule has 6 nitrogen and oxygen atoms in total. The van der Waals surface area contributed by atoms with Crippen molar-refractivity contribution in [1.29, 1.82) is 0 Å². The van der Waals surface area contributed by atoms with Gasteiger partial charge in [0.1, 0.15) is 23.2 Å². The number of carbonyl (C=O) groups excluding carboxylic acids is 2. The van der Waals surface area contributed by atoms with Crippen LogP contribution in [0, 0.1) is 11.8 Å². The van der Waals surface area contributed by atoms with Gasteiger partial charge in [0.2, 0.25) is 5.91 Å². The first-order valence-corrected chi connectivity index (χ1v) is 11.0. The number of hydrogen-bond acceptors (Lipinski definition) is 4. The van der Waals surface area contributed by atoms with Crippen molar-refractivity contribution < 1.29 is 14.3 Å². The molecule has 2 amide bonds. The van der Waals surface area contributed by atoms with E-state index in [2.05, 4.69) is 22.1 Å². The number of likely N-dealkylation sites (N-methyl/N-ethyl adjacent to an activating group) is 1. The minimum Gasteiger partial charge on any atom is -0.444 e. The summed E-state index contributed by atoms with van der Waals surface area (Å²) in [5.41, 5.74) is 2.58. The third kappa shape index (κ3) is 6.94. The molecule has 0 aliphatic rings. The summed E-state index contributed by atoms with van der Waals surface area (Å²) in [5, 5.41) is 2.82. The van der Waals surface area contributed by atoms with E-state index < -0.39 is 17.7 Å². The SMILES string of the molecule is CC(C(=O)Nc1cc(-c2ccccc2)cc(C#Cc2ccccc2)n1)N(C)C(=O)OC(C)(C)C. The van der Waals surface area contributed by atoms with Crippen LogP contribution in [0.3, 0.4) is 0 Å². The lowest BCUT2D eigenvalue weighted by Gasteiger charge is -2.28. The third-order valence-corrected chi connectivity index (χ3v) is 4.93. The number of anilines is 1. The molecule has 1 unspecified atom stereocenters. The van der Waals surface area contributed by atoms with Crippen molar-refractivity contribution in [1.82, 2.24) is 9.88 Å². The fourth-order valence-corrected chi connectivity index (χ4v) is 3.01. The Labute approximate surface area is 201 Å². The van der Waals surface area contributed by atoms with E-state index >= 15 is 0 Å². The highest BCUT2D eigenvalue weighted by Crippen LogP contribution is 2.23. The van der Waals surface area contributed by atoms with Crippen LogP contribution in [0.1, 0.15) is 39.0 Å². The zero-order valence-electron chi connectivity index (χ0n) is 20.1. The van der Waals surface area contributed by atoms with Crippen molar-refractivity contribution in [2.24, 2.45) is 0 Å². The number of hydrogen-bond donors (Lipinski definition) is 1. The van der Waals surface area contributed by atoms with Crippen molar-refractivity contribution in [3.8, 4) is 23.0 Å². The standard InChI is InChI=1S/C28H29N3O3/c1-20(31(5)27(33)34-28(2,3)4)26(32)30-25-19-23(22-14-10-7-11-15-22)18-24(29-25)17-16-21-12-8-6-9-13-21/h6-15,18-20H,1-5H3,(H,29,30,32). The molecule has 0 fully saturated rings. The number of carbonyl (C=O) groups is 2.